The van der Waals surface area contributed by atoms with E-state index in [9.17, 15) is 0 Å². The molecule has 0 spiro atoms. The van der Waals surface area contributed by atoms with Gasteiger partial charge in [-0.05, 0) is 31.4 Å². The molecule has 0 unspecified atom stereocenters. The zero-order chi connectivity index (χ0) is 14.6. The van der Waals surface area contributed by atoms with Gasteiger partial charge in [-0.2, -0.15) is 0 Å². The lowest BCUT2D eigenvalue weighted by Crippen LogP contribution is -2.33. The van der Waals surface area contributed by atoms with E-state index in [1.165, 1.54) is 18.0 Å². The lowest BCUT2D eigenvalue weighted by molar-refractivity contribution is -0.0792. The Morgan fingerprint density at radius 1 is 1.25 bits per heavy atom. The molecule has 112 valence electrons. The smallest absolute Gasteiger partial charge is 0.0891 e. The highest BCUT2D eigenvalue weighted by atomic mass is 28.3. The Balaban J connectivity index is 1.76. The normalized spacial score (nSPS) is 26.9. The molecule has 3 heteroatoms. The van der Waals surface area contributed by atoms with E-state index in [1.54, 1.807) is 0 Å². The van der Waals surface area contributed by atoms with Crippen LogP contribution in [-0.2, 0) is 16.1 Å². The highest BCUT2D eigenvalue weighted by Gasteiger charge is 2.37. The van der Waals surface area contributed by atoms with Crippen molar-refractivity contribution >= 4 is 8.07 Å². The molecule has 0 N–H and O–H groups in total. The van der Waals surface area contributed by atoms with Crippen LogP contribution in [0.3, 0.4) is 0 Å². The monoisotopic (exact) mass is 292 g/mol. The fourth-order valence-corrected chi connectivity index (χ4v) is 4.53. The maximum Gasteiger partial charge on any atom is 0.0891 e. The van der Waals surface area contributed by atoms with Crippen molar-refractivity contribution in [3.05, 3.63) is 35.9 Å². The fourth-order valence-electron chi connectivity index (χ4n) is 2.88. The Labute approximate surface area is 124 Å². The van der Waals surface area contributed by atoms with E-state index in [0.717, 1.165) is 6.42 Å². The topological polar surface area (TPSA) is 18.5 Å². The molecule has 0 saturated carbocycles. The molecular formula is C17H28O2Si. The summed E-state index contributed by atoms with van der Waals surface area (Å²) >= 11 is 0. The van der Waals surface area contributed by atoms with E-state index in [0.29, 0.717) is 19.3 Å². The third-order valence-corrected chi connectivity index (χ3v) is 5.49. The summed E-state index contributed by atoms with van der Waals surface area (Å²) in [4.78, 5) is 0. The first-order chi connectivity index (χ1) is 9.36. The zero-order valence-electron chi connectivity index (χ0n) is 13.3. The molecular weight excluding hydrogens is 264 g/mol. The molecule has 1 fully saturated rings. The molecule has 2 atom stereocenters. The molecule has 2 nitrogen and oxygen atoms in total. The van der Waals surface area contributed by atoms with Crippen LogP contribution in [0.25, 0.3) is 0 Å². The first-order valence-electron chi connectivity index (χ1n) is 7.66. The van der Waals surface area contributed by atoms with Gasteiger partial charge in [0.25, 0.3) is 0 Å². The van der Waals surface area contributed by atoms with Crippen molar-refractivity contribution in [3.8, 4) is 0 Å². The van der Waals surface area contributed by atoms with Gasteiger partial charge in [0.2, 0.25) is 0 Å². The number of rotatable bonds is 6. The second-order valence-corrected chi connectivity index (χ2v) is 13.0. The van der Waals surface area contributed by atoms with Gasteiger partial charge in [-0.3, -0.25) is 0 Å². The van der Waals surface area contributed by atoms with Crippen LogP contribution in [0, 0.1) is 0 Å². The molecule has 0 radical (unpaired) electrons. The van der Waals surface area contributed by atoms with Crippen molar-refractivity contribution in [2.75, 3.05) is 6.61 Å². The van der Waals surface area contributed by atoms with Crippen LogP contribution in [0.1, 0.15) is 25.3 Å². The quantitative estimate of drug-likeness (QED) is 0.720. The van der Waals surface area contributed by atoms with E-state index in [-0.39, 0.29) is 5.60 Å². The van der Waals surface area contributed by atoms with Gasteiger partial charge < -0.3 is 9.47 Å². The van der Waals surface area contributed by atoms with Crippen LogP contribution in [-0.4, -0.2) is 26.4 Å². The molecule has 0 bridgehead atoms. The summed E-state index contributed by atoms with van der Waals surface area (Å²) < 4.78 is 12.1. The average Bonchev–Trinajstić information content (AvgIpc) is 2.70. The molecule has 0 aromatic heterocycles. The van der Waals surface area contributed by atoms with Crippen LogP contribution in [0.5, 0.6) is 0 Å². The largest absolute Gasteiger partial charge is 0.374 e. The number of benzene rings is 1. The first-order valence-corrected chi connectivity index (χ1v) is 11.4. The van der Waals surface area contributed by atoms with Crippen molar-refractivity contribution in [3.63, 3.8) is 0 Å². The zero-order valence-corrected chi connectivity index (χ0v) is 14.3. The third kappa shape index (κ3) is 5.04. The van der Waals surface area contributed by atoms with Crippen molar-refractivity contribution in [1.29, 1.82) is 0 Å². The maximum atomic E-state index is 6.27. The van der Waals surface area contributed by atoms with Crippen molar-refractivity contribution < 1.29 is 9.47 Å². The maximum absolute atomic E-state index is 6.27. The Bertz CT molecular complexity index is 413. The first kappa shape index (κ1) is 15.7. The van der Waals surface area contributed by atoms with E-state index in [2.05, 4.69) is 50.8 Å². The second kappa shape index (κ2) is 6.42. The van der Waals surface area contributed by atoms with Crippen LogP contribution < -0.4 is 0 Å². The van der Waals surface area contributed by atoms with Crippen LogP contribution in [0.4, 0.5) is 0 Å². The SMILES string of the molecule is C[C@]1(COCc2ccccc2)CC[C@H](C[Si](C)(C)C)O1. The Kier molecular flexibility index (Phi) is 5.05. The molecule has 1 heterocycles. The van der Waals surface area contributed by atoms with Gasteiger partial charge in [0.05, 0.1) is 24.9 Å². The Morgan fingerprint density at radius 3 is 2.60 bits per heavy atom. The van der Waals surface area contributed by atoms with Crippen LogP contribution >= 0.6 is 0 Å². The van der Waals surface area contributed by atoms with Gasteiger partial charge in [-0.1, -0.05) is 50.0 Å². The van der Waals surface area contributed by atoms with E-state index in [1.807, 2.05) is 6.07 Å². The predicted octanol–water partition coefficient (Wildman–Crippen LogP) is 4.48. The lowest BCUT2D eigenvalue weighted by Gasteiger charge is -2.27. The second-order valence-electron chi connectivity index (χ2n) is 7.47. The van der Waals surface area contributed by atoms with E-state index < -0.39 is 8.07 Å². The molecule has 0 amide bonds. The summed E-state index contributed by atoms with van der Waals surface area (Å²) in [5, 5.41) is 0. The van der Waals surface area contributed by atoms with Crippen LogP contribution in [0.2, 0.25) is 25.7 Å². The minimum atomic E-state index is -1.03. The van der Waals surface area contributed by atoms with Crippen molar-refractivity contribution in [2.45, 2.75) is 63.8 Å². The molecule has 1 saturated heterocycles. The van der Waals surface area contributed by atoms with Gasteiger partial charge in [-0.25, -0.2) is 0 Å². The molecule has 0 aliphatic carbocycles. The highest BCUT2D eigenvalue weighted by molar-refractivity contribution is 6.76. The van der Waals surface area contributed by atoms with E-state index >= 15 is 0 Å². The van der Waals surface area contributed by atoms with Crippen LogP contribution in [0.15, 0.2) is 30.3 Å². The molecule has 1 aliphatic rings. The minimum Gasteiger partial charge on any atom is -0.374 e. The average molecular weight is 292 g/mol. The summed E-state index contributed by atoms with van der Waals surface area (Å²) in [5.41, 5.74) is 1.15. The molecule has 20 heavy (non-hydrogen) atoms. The third-order valence-electron chi connectivity index (χ3n) is 3.81. The van der Waals surface area contributed by atoms with Gasteiger partial charge in [0.1, 0.15) is 0 Å². The summed E-state index contributed by atoms with van der Waals surface area (Å²) in [7, 11) is -1.03. The predicted molar refractivity (Wildman–Crippen MR) is 86.8 cm³/mol. The van der Waals surface area contributed by atoms with Gasteiger partial charge in [0, 0.05) is 8.07 Å². The Hall–Kier alpha value is -0.643. The standard InChI is InChI=1S/C17H28O2Si/c1-17(11-10-16(19-17)13-20(2,3)4)14-18-12-15-8-6-5-7-9-15/h5-9,16H,10-14H2,1-4H3/t16-,17-/m1/s1. The summed E-state index contributed by atoms with van der Waals surface area (Å²) in [6, 6.07) is 11.6. The fraction of sp³-hybridized carbons (Fsp3) is 0.647. The van der Waals surface area contributed by atoms with Gasteiger partial charge in [-0.15, -0.1) is 0 Å². The summed E-state index contributed by atoms with van der Waals surface area (Å²) in [5.74, 6) is 0. The highest BCUT2D eigenvalue weighted by Crippen LogP contribution is 2.34. The molecule has 2 rings (SSSR count). The van der Waals surface area contributed by atoms with E-state index in [4.69, 9.17) is 9.47 Å². The molecule has 1 aromatic carbocycles. The van der Waals surface area contributed by atoms with Gasteiger partial charge >= 0.3 is 0 Å². The number of ether oxygens (including phenoxy) is 2. The number of hydrogen-bond acceptors (Lipinski definition) is 2. The van der Waals surface area contributed by atoms with Crippen molar-refractivity contribution in [1.82, 2.24) is 0 Å². The number of hydrogen-bond donors (Lipinski definition) is 0. The van der Waals surface area contributed by atoms with Crippen molar-refractivity contribution in [2.24, 2.45) is 0 Å². The molecule has 1 aromatic rings. The summed E-state index contributed by atoms with van der Waals surface area (Å²) in [6.45, 7) is 10.8. The molecule has 1 aliphatic heterocycles. The minimum absolute atomic E-state index is 0.0842. The lowest BCUT2D eigenvalue weighted by atomic mass is 10.0. The summed E-state index contributed by atoms with van der Waals surface area (Å²) in [6.07, 6.45) is 2.76. The van der Waals surface area contributed by atoms with Gasteiger partial charge in [0.15, 0.2) is 0 Å². The Morgan fingerprint density at radius 2 is 1.95 bits per heavy atom.